The Morgan fingerprint density at radius 3 is 2.73 bits per heavy atom. The maximum atomic E-state index is 12.1. The fourth-order valence-corrected chi connectivity index (χ4v) is 2.74. The van der Waals surface area contributed by atoms with Crippen LogP contribution in [0.1, 0.15) is 43.2 Å². The van der Waals surface area contributed by atoms with Crippen LogP contribution in [-0.4, -0.2) is 24.0 Å². The van der Waals surface area contributed by atoms with Gasteiger partial charge in [-0.15, -0.1) is 0 Å². The molecule has 1 amide bonds. The minimum absolute atomic E-state index is 0.113. The number of rotatable bonds is 4. The molecule has 3 rings (SSSR count). The number of carbonyl (C=O) groups is 2. The number of furan rings is 1. The molecule has 0 spiro atoms. The average molecular weight is 301 g/mol. The van der Waals surface area contributed by atoms with Crippen LogP contribution in [0.3, 0.4) is 0 Å². The molecule has 1 atom stereocenters. The predicted octanol–water partition coefficient (Wildman–Crippen LogP) is 3.04. The molecule has 0 aliphatic heterocycles. The minimum atomic E-state index is -0.832. The van der Waals surface area contributed by atoms with E-state index in [2.05, 4.69) is 5.32 Å². The van der Waals surface area contributed by atoms with Gasteiger partial charge in [-0.05, 0) is 31.9 Å². The highest BCUT2D eigenvalue weighted by atomic mass is 16.6. The van der Waals surface area contributed by atoms with Crippen molar-refractivity contribution in [2.24, 2.45) is 0 Å². The topological polar surface area (TPSA) is 68.5 Å². The van der Waals surface area contributed by atoms with Crippen molar-refractivity contribution in [3.8, 4) is 0 Å². The van der Waals surface area contributed by atoms with E-state index in [0.717, 1.165) is 31.1 Å². The van der Waals surface area contributed by atoms with Crippen LogP contribution in [-0.2, 0) is 9.53 Å². The first-order chi connectivity index (χ1) is 10.6. The number of benzene rings is 1. The smallest absolute Gasteiger partial charge is 0.375 e. The molecular weight excluding hydrogens is 282 g/mol. The number of amides is 1. The number of hydrogen-bond acceptors (Lipinski definition) is 4. The highest BCUT2D eigenvalue weighted by Gasteiger charge is 2.24. The summed E-state index contributed by atoms with van der Waals surface area (Å²) < 4.78 is 10.6. The van der Waals surface area contributed by atoms with E-state index in [1.54, 1.807) is 19.1 Å². The van der Waals surface area contributed by atoms with Gasteiger partial charge in [0, 0.05) is 11.4 Å². The molecule has 1 aliphatic carbocycles. The molecule has 1 aliphatic rings. The maximum Gasteiger partial charge on any atom is 0.375 e. The highest BCUT2D eigenvalue weighted by Crippen LogP contribution is 2.20. The highest BCUT2D eigenvalue weighted by molar-refractivity contribution is 5.94. The summed E-state index contributed by atoms with van der Waals surface area (Å²) in [5.74, 6) is -0.761. The van der Waals surface area contributed by atoms with E-state index < -0.39 is 12.1 Å². The van der Waals surface area contributed by atoms with Gasteiger partial charge in [0.05, 0.1) is 0 Å². The minimum Gasteiger partial charge on any atom is -0.449 e. The molecule has 5 nitrogen and oxygen atoms in total. The normalized spacial score (nSPS) is 16.6. The lowest BCUT2D eigenvalue weighted by atomic mass is 10.2. The molecule has 0 bridgehead atoms. The Kier molecular flexibility index (Phi) is 4.13. The monoisotopic (exact) mass is 301 g/mol. The first-order valence-corrected chi connectivity index (χ1v) is 7.63. The summed E-state index contributed by atoms with van der Waals surface area (Å²) in [5.41, 5.74) is 0.623. The summed E-state index contributed by atoms with van der Waals surface area (Å²) in [6.45, 7) is 1.57. The molecule has 1 saturated carbocycles. The summed E-state index contributed by atoms with van der Waals surface area (Å²) >= 11 is 0. The molecular formula is C17H19NO4. The largest absolute Gasteiger partial charge is 0.449 e. The van der Waals surface area contributed by atoms with Crippen LogP contribution < -0.4 is 5.32 Å². The van der Waals surface area contributed by atoms with Crippen LogP contribution in [0.15, 0.2) is 34.7 Å². The quantitative estimate of drug-likeness (QED) is 0.881. The van der Waals surface area contributed by atoms with E-state index in [9.17, 15) is 9.59 Å². The summed E-state index contributed by atoms with van der Waals surface area (Å²) in [5, 5.41) is 3.75. The number of hydrogen-bond donors (Lipinski definition) is 1. The zero-order chi connectivity index (χ0) is 15.5. The van der Waals surface area contributed by atoms with Crippen LogP contribution in [0, 0.1) is 0 Å². The van der Waals surface area contributed by atoms with E-state index in [-0.39, 0.29) is 17.7 Å². The van der Waals surface area contributed by atoms with E-state index in [1.165, 1.54) is 0 Å². The summed E-state index contributed by atoms with van der Waals surface area (Å²) in [7, 11) is 0. The number of carbonyl (C=O) groups excluding carboxylic acids is 2. The standard InChI is InChI=1S/C17H19NO4/c1-11(16(19)18-13-7-3-4-8-13)21-17(20)15-10-12-6-2-5-9-14(12)22-15/h2,5-6,9-11,13H,3-4,7-8H2,1H3,(H,18,19)/t11-/m0/s1. The maximum absolute atomic E-state index is 12.1. The Morgan fingerprint density at radius 2 is 2.00 bits per heavy atom. The van der Waals surface area contributed by atoms with Gasteiger partial charge in [-0.25, -0.2) is 4.79 Å². The first-order valence-electron chi connectivity index (χ1n) is 7.63. The Bertz CT molecular complexity index is 652. The lowest BCUT2D eigenvalue weighted by Gasteiger charge is -2.16. The third-order valence-corrected chi connectivity index (χ3v) is 3.98. The SMILES string of the molecule is C[C@H](OC(=O)c1cc2ccccc2o1)C(=O)NC1CCCC1. The van der Waals surface area contributed by atoms with Crippen molar-refractivity contribution in [2.45, 2.75) is 44.8 Å². The second kappa shape index (κ2) is 6.22. The fourth-order valence-electron chi connectivity index (χ4n) is 2.74. The van der Waals surface area contributed by atoms with Gasteiger partial charge < -0.3 is 14.5 Å². The fraction of sp³-hybridized carbons (Fsp3) is 0.412. The summed E-state index contributed by atoms with van der Waals surface area (Å²) in [6, 6.07) is 9.16. The molecule has 2 aromatic rings. The number of esters is 1. The van der Waals surface area contributed by atoms with Crippen molar-refractivity contribution in [1.29, 1.82) is 0 Å². The van der Waals surface area contributed by atoms with E-state index in [4.69, 9.17) is 9.15 Å². The number of fused-ring (bicyclic) bond motifs is 1. The van der Waals surface area contributed by atoms with Gasteiger partial charge in [-0.2, -0.15) is 0 Å². The molecule has 5 heteroatoms. The van der Waals surface area contributed by atoms with Crippen molar-refractivity contribution >= 4 is 22.8 Å². The van der Waals surface area contributed by atoms with E-state index in [1.807, 2.05) is 18.2 Å². The van der Waals surface area contributed by atoms with Crippen LogP contribution in [0.2, 0.25) is 0 Å². The van der Waals surface area contributed by atoms with Crippen molar-refractivity contribution in [3.05, 3.63) is 36.1 Å². The zero-order valence-corrected chi connectivity index (χ0v) is 12.5. The Morgan fingerprint density at radius 1 is 1.27 bits per heavy atom. The first kappa shape index (κ1) is 14.6. The summed E-state index contributed by atoms with van der Waals surface area (Å²) in [6.07, 6.45) is 3.43. The van der Waals surface area contributed by atoms with Gasteiger partial charge in [0.25, 0.3) is 5.91 Å². The molecule has 116 valence electrons. The number of ether oxygens (including phenoxy) is 1. The van der Waals surface area contributed by atoms with Gasteiger partial charge in [0.15, 0.2) is 6.10 Å². The van der Waals surface area contributed by atoms with E-state index in [0.29, 0.717) is 5.58 Å². The van der Waals surface area contributed by atoms with Gasteiger partial charge in [0.2, 0.25) is 5.76 Å². The third kappa shape index (κ3) is 3.13. The van der Waals surface area contributed by atoms with Gasteiger partial charge in [-0.3, -0.25) is 4.79 Å². The molecule has 1 fully saturated rings. The Balaban J connectivity index is 1.61. The number of para-hydroxylation sites is 1. The predicted molar refractivity (Wildman–Crippen MR) is 81.5 cm³/mol. The zero-order valence-electron chi connectivity index (χ0n) is 12.5. The molecule has 1 aromatic carbocycles. The molecule has 0 saturated heterocycles. The van der Waals surface area contributed by atoms with Crippen LogP contribution in [0.25, 0.3) is 11.0 Å². The second-order valence-corrected chi connectivity index (χ2v) is 5.69. The molecule has 22 heavy (non-hydrogen) atoms. The molecule has 1 aromatic heterocycles. The lowest BCUT2D eigenvalue weighted by Crippen LogP contribution is -2.40. The molecule has 0 unspecified atom stereocenters. The van der Waals surface area contributed by atoms with Crippen molar-refractivity contribution < 1.29 is 18.7 Å². The summed E-state index contributed by atoms with van der Waals surface area (Å²) in [4.78, 5) is 24.1. The average Bonchev–Trinajstić information content (AvgIpc) is 3.15. The molecule has 1 heterocycles. The van der Waals surface area contributed by atoms with E-state index >= 15 is 0 Å². The van der Waals surface area contributed by atoms with Crippen molar-refractivity contribution in [1.82, 2.24) is 5.32 Å². The Labute approximate surface area is 128 Å². The van der Waals surface area contributed by atoms with Crippen molar-refractivity contribution in [2.75, 3.05) is 0 Å². The van der Waals surface area contributed by atoms with Crippen LogP contribution >= 0.6 is 0 Å². The molecule has 1 N–H and O–H groups in total. The van der Waals surface area contributed by atoms with Gasteiger partial charge in [-0.1, -0.05) is 31.0 Å². The number of nitrogens with one attached hydrogen (secondary N) is 1. The third-order valence-electron chi connectivity index (χ3n) is 3.98. The van der Waals surface area contributed by atoms with Crippen LogP contribution in [0.5, 0.6) is 0 Å². The van der Waals surface area contributed by atoms with Gasteiger partial charge in [0.1, 0.15) is 5.58 Å². The molecule has 0 radical (unpaired) electrons. The van der Waals surface area contributed by atoms with Crippen molar-refractivity contribution in [3.63, 3.8) is 0 Å². The Hall–Kier alpha value is -2.30. The van der Waals surface area contributed by atoms with Crippen LogP contribution in [0.4, 0.5) is 0 Å². The second-order valence-electron chi connectivity index (χ2n) is 5.69. The lowest BCUT2D eigenvalue weighted by molar-refractivity contribution is -0.129. The van der Waals surface area contributed by atoms with Gasteiger partial charge >= 0.3 is 5.97 Å².